The minimum absolute atomic E-state index is 0.0289. The number of sulfonamides is 1. The molecule has 0 unspecified atom stereocenters. The number of carbonyl (C=O) groups excluding carboxylic acids is 1. The van der Waals surface area contributed by atoms with E-state index in [2.05, 4.69) is 26.0 Å². The molecule has 12 nitrogen and oxygen atoms in total. The maximum absolute atomic E-state index is 13.9. The molecule has 3 aromatic carbocycles. The largest absolute Gasteiger partial charge is 0.493 e. The topological polar surface area (TPSA) is 158 Å². The summed E-state index contributed by atoms with van der Waals surface area (Å²) in [7, 11) is 0.453. The molecule has 45 heavy (non-hydrogen) atoms. The van der Waals surface area contributed by atoms with E-state index in [1.54, 1.807) is 12.1 Å². The molecule has 1 amide bonds. The van der Waals surface area contributed by atoms with Crippen LogP contribution < -0.4 is 19.2 Å². The maximum atomic E-state index is 13.9. The number of nitrogens with zero attached hydrogens (tertiary/aromatic N) is 6. The van der Waals surface area contributed by atoms with Gasteiger partial charge in [0.2, 0.25) is 20.9 Å². The number of methoxy groups -OCH3 is 3. The predicted molar refractivity (Wildman–Crippen MR) is 173 cm³/mol. The molecular formula is C30H27BrN6O6S2. The first-order valence-electron chi connectivity index (χ1n) is 13.3. The third-order valence-corrected chi connectivity index (χ3v) is 9.81. The van der Waals surface area contributed by atoms with Gasteiger partial charge in [-0.05, 0) is 54.6 Å². The predicted octanol–water partition coefficient (Wildman–Crippen LogP) is 5.58. The smallest absolute Gasteiger partial charge is 0.280 e. The first kappa shape index (κ1) is 33.4. The van der Waals surface area contributed by atoms with Gasteiger partial charge >= 0.3 is 0 Å². The molecule has 0 radical (unpaired) electrons. The second kappa shape index (κ2) is 15.0. The first-order valence-corrected chi connectivity index (χ1v) is 16.3. The molecule has 1 heterocycles. The van der Waals surface area contributed by atoms with Gasteiger partial charge in [0, 0.05) is 41.5 Å². The van der Waals surface area contributed by atoms with Crippen LogP contribution in [0.3, 0.4) is 0 Å². The standard InChI is InChI=1S/C30H27BrN6O6S2/c1-41-25-16-20(17-26(42-2)28(25)43-3)19-34-37(30-35-24-11-8-22(31)18-27(24)44-30)29(38)21-6-9-23(10-7-21)45(39,40)36(14-4-12-32)15-5-13-33/h6-11,16-19H,4-5,14-15H2,1-3H3/b34-19+. The summed E-state index contributed by atoms with van der Waals surface area (Å²) < 4.78 is 45.5. The van der Waals surface area contributed by atoms with E-state index in [0.717, 1.165) is 18.5 Å². The van der Waals surface area contributed by atoms with Gasteiger partial charge in [0.15, 0.2) is 11.5 Å². The van der Waals surface area contributed by atoms with Crippen molar-refractivity contribution in [3.05, 3.63) is 70.2 Å². The van der Waals surface area contributed by atoms with Crippen molar-refractivity contribution in [2.75, 3.05) is 39.4 Å². The van der Waals surface area contributed by atoms with Gasteiger partial charge in [-0.2, -0.15) is 24.9 Å². The Balaban J connectivity index is 1.73. The zero-order chi connectivity index (χ0) is 32.6. The fraction of sp³-hybridized carbons (Fsp3) is 0.233. The van der Waals surface area contributed by atoms with Crippen LogP contribution in [0.5, 0.6) is 17.2 Å². The molecular weight excluding hydrogens is 684 g/mol. The number of ether oxygens (including phenoxy) is 3. The summed E-state index contributed by atoms with van der Waals surface area (Å²) >= 11 is 4.71. The van der Waals surface area contributed by atoms with Crippen LogP contribution >= 0.6 is 27.3 Å². The fourth-order valence-electron chi connectivity index (χ4n) is 4.21. The van der Waals surface area contributed by atoms with Gasteiger partial charge in [-0.15, -0.1) is 0 Å². The van der Waals surface area contributed by atoms with Crippen molar-refractivity contribution in [1.82, 2.24) is 9.29 Å². The number of anilines is 1. The normalized spacial score (nSPS) is 11.4. The molecule has 15 heteroatoms. The van der Waals surface area contributed by atoms with E-state index in [0.29, 0.717) is 28.3 Å². The minimum atomic E-state index is -4.02. The zero-order valence-electron chi connectivity index (χ0n) is 24.4. The number of hydrogen-bond acceptors (Lipinski definition) is 11. The SMILES string of the molecule is COc1cc(/C=N/N(C(=O)c2ccc(S(=O)(=O)N(CCC#N)CCC#N)cc2)c2nc3ccc(Br)cc3s2)cc(OC)c1OC. The van der Waals surface area contributed by atoms with E-state index in [1.807, 2.05) is 30.3 Å². The molecule has 0 bridgehead atoms. The lowest BCUT2D eigenvalue weighted by molar-refractivity contribution is 0.0987. The van der Waals surface area contributed by atoms with Gasteiger partial charge < -0.3 is 14.2 Å². The van der Waals surface area contributed by atoms with Crippen LogP contribution in [-0.4, -0.2) is 64.2 Å². The fourth-order valence-corrected chi connectivity index (χ4v) is 7.12. The van der Waals surface area contributed by atoms with Gasteiger partial charge in [-0.3, -0.25) is 4.79 Å². The van der Waals surface area contributed by atoms with Gasteiger partial charge in [-0.1, -0.05) is 27.3 Å². The van der Waals surface area contributed by atoms with Crippen LogP contribution in [0.2, 0.25) is 0 Å². The lowest BCUT2D eigenvalue weighted by atomic mass is 10.2. The lowest BCUT2D eigenvalue weighted by Crippen LogP contribution is -2.33. The van der Waals surface area contributed by atoms with Crippen molar-refractivity contribution in [2.24, 2.45) is 5.10 Å². The van der Waals surface area contributed by atoms with E-state index < -0.39 is 15.9 Å². The number of fused-ring (bicyclic) bond motifs is 1. The monoisotopic (exact) mass is 710 g/mol. The Morgan fingerprint density at radius 1 is 0.978 bits per heavy atom. The van der Waals surface area contributed by atoms with Crippen molar-refractivity contribution in [1.29, 1.82) is 10.5 Å². The Hall–Kier alpha value is -4.54. The number of rotatable bonds is 13. The van der Waals surface area contributed by atoms with E-state index >= 15 is 0 Å². The lowest BCUT2D eigenvalue weighted by Gasteiger charge is -2.20. The summed E-state index contributed by atoms with van der Waals surface area (Å²) in [4.78, 5) is 18.4. The Bertz CT molecular complexity index is 1870. The summed E-state index contributed by atoms with van der Waals surface area (Å²) in [6.45, 7) is -0.114. The van der Waals surface area contributed by atoms with Crippen LogP contribution in [0.15, 0.2) is 69.1 Å². The van der Waals surface area contributed by atoms with Crippen molar-refractivity contribution in [3.8, 4) is 29.4 Å². The Labute approximate surface area is 272 Å². The molecule has 0 aliphatic carbocycles. The van der Waals surface area contributed by atoms with Crippen molar-refractivity contribution in [3.63, 3.8) is 0 Å². The Kier molecular flexibility index (Phi) is 11.1. The number of halogens is 1. The number of thiazole rings is 1. The number of nitriles is 2. The van der Waals surface area contributed by atoms with Gasteiger partial charge in [0.05, 0.1) is 54.8 Å². The molecule has 0 N–H and O–H groups in total. The second-order valence-corrected chi connectivity index (χ2v) is 13.0. The second-order valence-electron chi connectivity index (χ2n) is 9.17. The molecule has 0 fully saturated rings. The highest BCUT2D eigenvalue weighted by atomic mass is 79.9. The molecule has 1 aromatic heterocycles. The molecule has 232 valence electrons. The number of benzene rings is 3. The molecule has 0 saturated heterocycles. The molecule has 0 spiro atoms. The van der Waals surface area contributed by atoms with E-state index in [9.17, 15) is 13.2 Å². The quantitative estimate of drug-likeness (QED) is 0.127. The average Bonchev–Trinajstić information content (AvgIpc) is 3.46. The first-order chi connectivity index (χ1) is 21.7. The summed E-state index contributed by atoms with van der Waals surface area (Å²) in [5.74, 6) is 0.634. The number of hydrogen-bond donors (Lipinski definition) is 0. The van der Waals surface area contributed by atoms with Gasteiger partial charge in [0.1, 0.15) is 0 Å². The van der Waals surface area contributed by atoms with Crippen LogP contribution in [0, 0.1) is 22.7 Å². The molecule has 4 aromatic rings. The van der Waals surface area contributed by atoms with Crippen molar-refractivity contribution in [2.45, 2.75) is 17.7 Å². The van der Waals surface area contributed by atoms with E-state index in [1.165, 1.54) is 63.1 Å². The van der Waals surface area contributed by atoms with E-state index in [4.69, 9.17) is 24.7 Å². The van der Waals surface area contributed by atoms with Crippen LogP contribution in [-0.2, 0) is 10.0 Å². The summed E-state index contributed by atoms with van der Waals surface area (Å²) in [6.07, 6.45) is 1.39. The number of aromatic nitrogens is 1. The molecule has 0 atom stereocenters. The highest BCUT2D eigenvalue weighted by Gasteiger charge is 2.26. The Morgan fingerprint density at radius 3 is 2.16 bits per heavy atom. The minimum Gasteiger partial charge on any atom is -0.493 e. The summed E-state index contributed by atoms with van der Waals surface area (Å²) in [5.41, 5.74) is 1.36. The average molecular weight is 712 g/mol. The maximum Gasteiger partial charge on any atom is 0.280 e. The van der Waals surface area contributed by atoms with Gasteiger partial charge in [0.25, 0.3) is 5.91 Å². The highest BCUT2D eigenvalue weighted by Crippen LogP contribution is 2.38. The molecule has 0 aliphatic rings. The molecule has 4 rings (SSSR count). The number of hydrazone groups is 1. The Morgan fingerprint density at radius 2 is 1.60 bits per heavy atom. The van der Waals surface area contributed by atoms with Gasteiger partial charge in [-0.25, -0.2) is 13.4 Å². The third-order valence-electron chi connectivity index (χ3n) is 6.41. The third kappa shape index (κ3) is 7.58. The molecule has 0 aliphatic heterocycles. The number of carbonyl (C=O) groups is 1. The van der Waals surface area contributed by atoms with Crippen LogP contribution in [0.4, 0.5) is 5.13 Å². The number of amides is 1. The zero-order valence-corrected chi connectivity index (χ0v) is 27.6. The summed E-state index contributed by atoms with van der Waals surface area (Å²) in [6, 6.07) is 18.1. The van der Waals surface area contributed by atoms with Crippen LogP contribution in [0.1, 0.15) is 28.8 Å². The van der Waals surface area contributed by atoms with E-state index in [-0.39, 0.29) is 41.5 Å². The highest BCUT2D eigenvalue weighted by molar-refractivity contribution is 9.10. The van der Waals surface area contributed by atoms with Crippen molar-refractivity contribution < 1.29 is 27.4 Å². The summed E-state index contributed by atoms with van der Waals surface area (Å²) in [5, 5.41) is 23.8. The van der Waals surface area contributed by atoms with Crippen molar-refractivity contribution >= 4 is 64.8 Å². The van der Waals surface area contributed by atoms with Crippen LogP contribution in [0.25, 0.3) is 10.2 Å². The molecule has 0 saturated carbocycles.